The summed E-state index contributed by atoms with van der Waals surface area (Å²) in [5.41, 5.74) is 13.9. The van der Waals surface area contributed by atoms with E-state index in [4.69, 9.17) is 19.4 Å². The summed E-state index contributed by atoms with van der Waals surface area (Å²) in [6, 6.07) is 61.9. The molecular formula is C52H35N3O. The molecule has 8 aromatic carbocycles. The maximum Gasteiger partial charge on any atom is 0.164 e. The van der Waals surface area contributed by atoms with Gasteiger partial charge in [-0.2, -0.15) is 0 Å². The van der Waals surface area contributed by atoms with Gasteiger partial charge in [-0.15, -0.1) is 0 Å². The van der Waals surface area contributed by atoms with Crippen LogP contribution in [-0.4, -0.2) is 15.0 Å². The van der Waals surface area contributed by atoms with E-state index >= 15 is 0 Å². The minimum atomic E-state index is -0.146. The van der Waals surface area contributed by atoms with Gasteiger partial charge in [0.1, 0.15) is 11.2 Å². The third-order valence-electron chi connectivity index (χ3n) is 11.5. The van der Waals surface area contributed by atoms with E-state index < -0.39 is 0 Å². The van der Waals surface area contributed by atoms with E-state index in [-0.39, 0.29) is 5.41 Å². The van der Waals surface area contributed by atoms with Gasteiger partial charge in [0.25, 0.3) is 0 Å². The van der Waals surface area contributed by atoms with E-state index in [1.54, 1.807) is 0 Å². The Morgan fingerprint density at radius 2 is 1.02 bits per heavy atom. The molecule has 10 aromatic rings. The van der Waals surface area contributed by atoms with Crippen molar-refractivity contribution in [1.29, 1.82) is 0 Å². The van der Waals surface area contributed by atoms with Crippen LogP contribution in [0, 0.1) is 0 Å². The fourth-order valence-corrected chi connectivity index (χ4v) is 8.73. The van der Waals surface area contributed by atoms with Crippen LogP contribution in [-0.2, 0) is 5.41 Å². The standard InChI is InChI=1S/C52H35N3O/c1-52(2)43-22-9-8-19-40(43)47-42(21-11-23-44(47)52)51-54-49(37-26-25-33-15-6-7-16-34(33)30-37)53-50(55-51)38-27-28-41-46(31-38)56-45-24-12-20-39(48(41)45)36-18-10-17-35(29-36)32-13-4-3-5-14-32/h3-31H,1-2H3. The van der Waals surface area contributed by atoms with Crippen LogP contribution in [0.4, 0.5) is 0 Å². The van der Waals surface area contributed by atoms with Crippen molar-refractivity contribution in [2.45, 2.75) is 19.3 Å². The molecule has 4 heteroatoms. The Bertz CT molecular complexity index is 3180. The summed E-state index contributed by atoms with van der Waals surface area (Å²) in [6.45, 7) is 4.60. The molecule has 264 valence electrons. The summed E-state index contributed by atoms with van der Waals surface area (Å²) in [4.78, 5) is 15.7. The first-order chi connectivity index (χ1) is 27.5. The first kappa shape index (κ1) is 32.3. The topological polar surface area (TPSA) is 51.8 Å². The van der Waals surface area contributed by atoms with Crippen molar-refractivity contribution in [1.82, 2.24) is 15.0 Å². The number of nitrogens with zero attached hydrogens (tertiary/aromatic N) is 3. The summed E-state index contributed by atoms with van der Waals surface area (Å²) in [5.74, 6) is 1.87. The van der Waals surface area contributed by atoms with Crippen molar-refractivity contribution in [3.63, 3.8) is 0 Å². The van der Waals surface area contributed by atoms with Crippen LogP contribution in [0.15, 0.2) is 180 Å². The number of fused-ring (bicyclic) bond motifs is 7. The first-order valence-corrected chi connectivity index (χ1v) is 19.1. The Balaban J connectivity index is 1.09. The van der Waals surface area contributed by atoms with E-state index in [0.29, 0.717) is 17.5 Å². The van der Waals surface area contributed by atoms with Gasteiger partial charge in [-0.05, 0) is 85.6 Å². The average molecular weight is 718 g/mol. The fraction of sp³-hybridized carbons (Fsp3) is 0.0577. The largest absolute Gasteiger partial charge is 0.456 e. The molecule has 0 spiro atoms. The predicted molar refractivity (Wildman–Crippen MR) is 229 cm³/mol. The van der Waals surface area contributed by atoms with Crippen molar-refractivity contribution < 1.29 is 4.42 Å². The number of hydrogen-bond donors (Lipinski definition) is 0. The summed E-state index contributed by atoms with van der Waals surface area (Å²) >= 11 is 0. The second kappa shape index (κ2) is 12.4. The zero-order chi connectivity index (χ0) is 37.4. The lowest BCUT2D eigenvalue weighted by atomic mass is 9.82. The molecule has 56 heavy (non-hydrogen) atoms. The van der Waals surface area contributed by atoms with Crippen LogP contribution in [0.2, 0.25) is 0 Å². The van der Waals surface area contributed by atoms with Gasteiger partial charge >= 0.3 is 0 Å². The number of rotatable bonds is 5. The normalized spacial score (nSPS) is 13.0. The second-order valence-electron chi connectivity index (χ2n) is 15.2. The Labute approximate surface area is 324 Å². The van der Waals surface area contributed by atoms with Crippen LogP contribution >= 0.6 is 0 Å². The Kier molecular flexibility index (Phi) is 7.17. The van der Waals surface area contributed by atoms with Gasteiger partial charge < -0.3 is 4.42 Å². The Morgan fingerprint density at radius 1 is 0.393 bits per heavy atom. The van der Waals surface area contributed by atoms with E-state index in [0.717, 1.165) is 55.1 Å². The highest BCUT2D eigenvalue weighted by atomic mass is 16.3. The van der Waals surface area contributed by atoms with Gasteiger partial charge in [0, 0.05) is 32.9 Å². The van der Waals surface area contributed by atoms with Gasteiger partial charge in [0.05, 0.1) is 0 Å². The van der Waals surface area contributed by atoms with Crippen molar-refractivity contribution in [3.05, 3.63) is 187 Å². The predicted octanol–water partition coefficient (Wildman–Crippen LogP) is 13.6. The van der Waals surface area contributed by atoms with Crippen molar-refractivity contribution >= 4 is 32.7 Å². The van der Waals surface area contributed by atoms with E-state index in [1.165, 1.54) is 38.8 Å². The van der Waals surface area contributed by atoms with Crippen molar-refractivity contribution in [3.8, 4) is 67.5 Å². The van der Waals surface area contributed by atoms with Gasteiger partial charge in [0.2, 0.25) is 0 Å². The summed E-state index contributed by atoms with van der Waals surface area (Å²) in [5, 5.41) is 4.45. The maximum absolute atomic E-state index is 6.62. The zero-order valence-corrected chi connectivity index (χ0v) is 31.0. The molecule has 4 nitrogen and oxygen atoms in total. The molecule has 0 bridgehead atoms. The minimum absolute atomic E-state index is 0.146. The highest BCUT2D eigenvalue weighted by molar-refractivity contribution is 6.13. The highest BCUT2D eigenvalue weighted by Gasteiger charge is 2.37. The number of furan rings is 1. The third-order valence-corrected chi connectivity index (χ3v) is 11.5. The molecule has 0 amide bonds. The first-order valence-electron chi connectivity index (χ1n) is 19.1. The average Bonchev–Trinajstić information content (AvgIpc) is 3.75. The molecule has 0 saturated heterocycles. The zero-order valence-electron chi connectivity index (χ0n) is 31.0. The quantitative estimate of drug-likeness (QED) is 0.178. The molecule has 0 N–H and O–H groups in total. The van der Waals surface area contributed by atoms with Crippen molar-refractivity contribution in [2.24, 2.45) is 0 Å². The minimum Gasteiger partial charge on any atom is -0.456 e. The Morgan fingerprint density at radius 3 is 1.89 bits per heavy atom. The lowest BCUT2D eigenvalue weighted by molar-refractivity contribution is 0.660. The van der Waals surface area contributed by atoms with Crippen LogP contribution in [0.5, 0.6) is 0 Å². The molecule has 0 fully saturated rings. The van der Waals surface area contributed by atoms with Crippen LogP contribution in [0.25, 0.3) is 100 Å². The molecule has 0 atom stereocenters. The van der Waals surface area contributed by atoms with E-state index in [9.17, 15) is 0 Å². The molecular weight excluding hydrogens is 683 g/mol. The molecule has 2 heterocycles. The monoisotopic (exact) mass is 717 g/mol. The van der Waals surface area contributed by atoms with Gasteiger partial charge in [-0.3, -0.25) is 0 Å². The molecule has 0 aliphatic heterocycles. The molecule has 0 radical (unpaired) electrons. The maximum atomic E-state index is 6.62. The van der Waals surface area contributed by atoms with Crippen molar-refractivity contribution in [2.75, 3.05) is 0 Å². The molecule has 2 aromatic heterocycles. The molecule has 11 rings (SSSR count). The Hall–Kier alpha value is -7.17. The van der Waals surface area contributed by atoms with Gasteiger partial charge in [-0.1, -0.05) is 159 Å². The summed E-state index contributed by atoms with van der Waals surface area (Å²) in [7, 11) is 0. The third kappa shape index (κ3) is 5.10. The van der Waals surface area contributed by atoms with E-state index in [2.05, 4.69) is 184 Å². The molecule has 1 aliphatic rings. The summed E-state index contributed by atoms with van der Waals surface area (Å²) < 4.78 is 6.62. The highest BCUT2D eigenvalue weighted by Crippen LogP contribution is 2.51. The number of aromatic nitrogens is 3. The van der Waals surface area contributed by atoms with E-state index in [1.807, 2.05) is 6.07 Å². The number of hydrogen-bond acceptors (Lipinski definition) is 4. The van der Waals surface area contributed by atoms with Gasteiger partial charge in [0.15, 0.2) is 17.5 Å². The molecule has 1 aliphatic carbocycles. The molecule has 0 unspecified atom stereocenters. The SMILES string of the molecule is CC1(C)c2ccccc2-c2c(-c3nc(-c4ccc5ccccc5c4)nc(-c4ccc5c(c4)oc4cccc(-c6cccc(-c7ccccc7)c6)c45)n3)cccc21. The number of benzene rings is 8. The smallest absolute Gasteiger partial charge is 0.164 e. The van der Waals surface area contributed by atoms with Crippen LogP contribution < -0.4 is 0 Å². The fourth-order valence-electron chi connectivity index (χ4n) is 8.73. The molecule has 0 saturated carbocycles. The lowest BCUT2D eigenvalue weighted by Crippen LogP contribution is -2.14. The second-order valence-corrected chi connectivity index (χ2v) is 15.2. The lowest BCUT2D eigenvalue weighted by Gasteiger charge is -2.21. The van der Waals surface area contributed by atoms with Crippen LogP contribution in [0.1, 0.15) is 25.0 Å². The van der Waals surface area contributed by atoms with Gasteiger partial charge in [-0.25, -0.2) is 15.0 Å². The van der Waals surface area contributed by atoms with Crippen LogP contribution in [0.3, 0.4) is 0 Å². The summed E-state index contributed by atoms with van der Waals surface area (Å²) in [6.07, 6.45) is 0.